The molecule has 9 nitrogen and oxygen atoms in total. The topological polar surface area (TPSA) is 122 Å². The first-order valence-corrected chi connectivity index (χ1v) is 12.1. The lowest BCUT2D eigenvalue weighted by atomic mass is 9.95. The van der Waals surface area contributed by atoms with Gasteiger partial charge in [-0.25, -0.2) is 15.0 Å². The van der Waals surface area contributed by atoms with Crippen LogP contribution in [0.5, 0.6) is 0 Å². The highest BCUT2D eigenvalue weighted by Gasteiger charge is 2.53. The van der Waals surface area contributed by atoms with E-state index in [1.54, 1.807) is 4.90 Å². The third-order valence-electron chi connectivity index (χ3n) is 6.88. The third-order valence-corrected chi connectivity index (χ3v) is 7.36. The van der Waals surface area contributed by atoms with Gasteiger partial charge in [0.05, 0.1) is 6.61 Å². The molecule has 33 heavy (non-hydrogen) atoms. The van der Waals surface area contributed by atoms with Crippen molar-refractivity contribution in [1.29, 1.82) is 0 Å². The number of fused-ring (bicyclic) bond motifs is 1. The molecule has 178 valence electrons. The quantitative estimate of drug-likeness (QED) is 0.388. The minimum Gasteiger partial charge on any atom is -0.394 e. The van der Waals surface area contributed by atoms with Crippen molar-refractivity contribution in [2.24, 2.45) is 15.0 Å². The smallest absolute Gasteiger partial charge is 0.180 e. The lowest BCUT2D eigenvalue weighted by Gasteiger charge is -2.36. The van der Waals surface area contributed by atoms with Crippen LogP contribution in [0.15, 0.2) is 45.3 Å². The highest BCUT2D eigenvalue weighted by atomic mass is 32.1. The van der Waals surface area contributed by atoms with Crippen molar-refractivity contribution in [2.75, 3.05) is 6.61 Å². The highest BCUT2D eigenvalue weighted by Crippen LogP contribution is 2.36. The van der Waals surface area contributed by atoms with Gasteiger partial charge in [0.1, 0.15) is 30.4 Å². The molecule has 0 bridgehead atoms. The summed E-state index contributed by atoms with van der Waals surface area (Å²) in [6, 6.07) is 10.2. The van der Waals surface area contributed by atoms with Crippen LogP contribution < -0.4 is 5.32 Å². The molecule has 5 rings (SSSR count). The van der Waals surface area contributed by atoms with E-state index in [1.807, 2.05) is 30.3 Å². The lowest BCUT2D eigenvalue weighted by molar-refractivity contribution is -0.0848. The number of rotatable bonds is 6. The van der Waals surface area contributed by atoms with Crippen molar-refractivity contribution in [3.8, 4) is 0 Å². The average Bonchev–Trinajstić information content (AvgIpc) is 3.33. The Kier molecular flexibility index (Phi) is 6.56. The second kappa shape index (κ2) is 9.44. The molecule has 1 aromatic rings. The van der Waals surface area contributed by atoms with E-state index in [0.717, 1.165) is 31.2 Å². The number of aliphatic imine (C=N–C) groups is 3. The molecule has 1 saturated carbocycles. The Labute approximate surface area is 198 Å². The van der Waals surface area contributed by atoms with E-state index < -0.39 is 42.3 Å². The number of benzene rings is 1. The summed E-state index contributed by atoms with van der Waals surface area (Å²) in [7, 11) is 0. The minimum absolute atomic E-state index is 0.276. The molecule has 1 aromatic carbocycles. The Morgan fingerprint density at radius 2 is 1.88 bits per heavy atom. The van der Waals surface area contributed by atoms with Crippen LogP contribution in [0.25, 0.3) is 0 Å². The second-order valence-corrected chi connectivity index (χ2v) is 9.91. The number of aliphatic hydroxyl groups excluding tert-OH is 3. The molecule has 1 aliphatic carbocycles. The maximum absolute atomic E-state index is 10.8. The average molecular weight is 474 g/mol. The van der Waals surface area contributed by atoms with Gasteiger partial charge < -0.3 is 20.1 Å². The van der Waals surface area contributed by atoms with Crippen molar-refractivity contribution < 1.29 is 20.1 Å². The maximum atomic E-state index is 10.8. The summed E-state index contributed by atoms with van der Waals surface area (Å²) in [6.45, 7) is -0.393. The number of ether oxygens (including phenoxy) is 1. The van der Waals surface area contributed by atoms with Crippen LogP contribution in [0.3, 0.4) is 0 Å². The fourth-order valence-electron chi connectivity index (χ4n) is 5.11. The molecule has 0 aromatic heterocycles. The standard InChI is InChI=1S/C23H31N5O4S/c29-12-16-17(30)18(31)21(32-16)28-20-19(27-22(28)26-15-9-5-2-6-10-15)23(33,25-13-24-20)11-14-7-3-1-4-8-14/h1,3-4,7-8,13,15-18,21-22,26,29-31,33H,2,5-6,9-12H2/t16-,17-,18-,21-,22?,23?/m1/s1. The zero-order valence-corrected chi connectivity index (χ0v) is 19.3. The SMILES string of the molecule is OC[C@H]1O[C@@H](N2C3=NC=NC(S)(Cc4ccccc4)C3=NC2NC2CCCCC2)[C@H](O)[C@@H]1O. The van der Waals surface area contributed by atoms with Crippen LogP contribution in [-0.2, 0) is 11.2 Å². The number of nitrogens with one attached hydrogen (secondary N) is 1. The Morgan fingerprint density at radius 1 is 1.12 bits per heavy atom. The number of hydrogen-bond acceptors (Lipinski definition) is 10. The van der Waals surface area contributed by atoms with Crippen LogP contribution >= 0.6 is 12.6 Å². The summed E-state index contributed by atoms with van der Waals surface area (Å²) in [4.78, 5) is 14.9. The van der Waals surface area contributed by atoms with E-state index in [1.165, 1.54) is 12.8 Å². The summed E-state index contributed by atoms with van der Waals surface area (Å²) in [5.74, 6) is 0.513. The number of amidine groups is 1. The van der Waals surface area contributed by atoms with E-state index in [0.29, 0.717) is 18.0 Å². The zero-order chi connectivity index (χ0) is 23.0. The molecule has 10 heteroatoms. The molecule has 4 N–H and O–H groups in total. The predicted octanol–water partition coefficient (Wildman–Crippen LogP) is 0.697. The fourth-order valence-corrected chi connectivity index (χ4v) is 5.50. The van der Waals surface area contributed by atoms with Crippen molar-refractivity contribution in [1.82, 2.24) is 10.2 Å². The summed E-state index contributed by atoms with van der Waals surface area (Å²) >= 11 is 4.95. The Bertz CT molecular complexity index is 938. The molecular weight excluding hydrogens is 442 g/mol. The van der Waals surface area contributed by atoms with Crippen molar-refractivity contribution >= 4 is 30.5 Å². The van der Waals surface area contributed by atoms with Gasteiger partial charge in [-0.05, 0) is 18.4 Å². The molecule has 0 spiro atoms. The molecule has 0 radical (unpaired) electrons. The van der Waals surface area contributed by atoms with Gasteiger partial charge in [0.15, 0.2) is 23.2 Å². The molecule has 1 saturated heterocycles. The molecule has 4 aliphatic rings. The number of thiol groups is 1. The number of nitrogens with zero attached hydrogens (tertiary/aromatic N) is 4. The first-order chi connectivity index (χ1) is 16.0. The van der Waals surface area contributed by atoms with Crippen molar-refractivity contribution in [3.63, 3.8) is 0 Å². The number of hydrogen-bond donors (Lipinski definition) is 5. The van der Waals surface area contributed by atoms with Crippen LogP contribution in [0, 0.1) is 0 Å². The Balaban J connectivity index is 1.47. The molecule has 3 heterocycles. The van der Waals surface area contributed by atoms with Gasteiger partial charge in [0.25, 0.3) is 0 Å². The van der Waals surface area contributed by atoms with Gasteiger partial charge in [-0.1, -0.05) is 49.6 Å². The van der Waals surface area contributed by atoms with E-state index in [-0.39, 0.29) is 6.04 Å². The summed E-state index contributed by atoms with van der Waals surface area (Å²) in [5, 5.41) is 34.4. The largest absolute Gasteiger partial charge is 0.394 e. The molecule has 6 atom stereocenters. The monoisotopic (exact) mass is 473 g/mol. The Hall–Kier alpha value is -1.82. The minimum atomic E-state index is -1.22. The van der Waals surface area contributed by atoms with E-state index in [2.05, 4.69) is 15.3 Å². The normalized spacial score (nSPS) is 36.6. The summed E-state index contributed by atoms with van der Waals surface area (Å²) in [5.41, 5.74) is 1.67. The van der Waals surface area contributed by atoms with Gasteiger partial charge in [-0.2, -0.15) is 0 Å². The summed E-state index contributed by atoms with van der Waals surface area (Å²) < 4.78 is 5.89. The summed E-state index contributed by atoms with van der Waals surface area (Å²) in [6.07, 6.45) is 2.85. The zero-order valence-electron chi connectivity index (χ0n) is 18.4. The first-order valence-electron chi connectivity index (χ1n) is 11.6. The van der Waals surface area contributed by atoms with E-state index in [4.69, 9.17) is 22.4 Å². The van der Waals surface area contributed by atoms with Gasteiger partial charge >= 0.3 is 0 Å². The van der Waals surface area contributed by atoms with Crippen molar-refractivity contribution in [2.45, 2.75) is 80.3 Å². The molecular formula is C23H31N5O4S. The van der Waals surface area contributed by atoms with Crippen LogP contribution in [0.2, 0.25) is 0 Å². The molecule has 0 amide bonds. The van der Waals surface area contributed by atoms with Gasteiger partial charge in [0.2, 0.25) is 0 Å². The Morgan fingerprint density at radius 3 is 2.58 bits per heavy atom. The van der Waals surface area contributed by atoms with Crippen LogP contribution in [0.1, 0.15) is 37.7 Å². The van der Waals surface area contributed by atoms with Gasteiger partial charge in [0, 0.05) is 12.5 Å². The van der Waals surface area contributed by atoms with Crippen molar-refractivity contribution in [3.05, 3.63) is 35.9 Å². The lowest BCUT2D eigenvalue weighted by Crippen LogP contribution is -2.57. The van der Waals surface area contributed by atoms with Gasteiger partial charge in [-0.3, -0.25) is 10.2 Å². The van der Waals surface area contributed by atoms with E-state index in [9.17, 15) is 15.3 Å². The molecule has 2 fully saturated rings. The molecule has 3 aliphatic heterocycles. The maximum Gasteiger partial charge on any atom is 0.180 e. The van der Waals surface area contributed by atoms with Gasteiger partial charge in [-0.15, -0.1) is 12.6 Å². The molecule has 2 unspecified atom stereocenters. The van der Waals surface area contributed by atoms with Crippen LogP contribution in [-0.4, -0.2) is 86.5 Å². The fraction of sp³-hybridized carbons (Fsp3) is 0.609. The number of aliphatic hydroxyl groups is 3. The van der Waals surface area contributed by atoms with E-state index >= 15 is 0 Å². The highest BCUT2D eigenvalue weighted by molar-refractivity contribution is 7.83. The predicted molar refractivity (Wildman–Crippen MR) is 129 cm³/mol. The third kappa shape index (κ3) is 4.36. The first kappa shape index (κ1) is 22.9. The van der Waals surface area contributed by atoms with Crippen LogP contribution in [0.4, 0.5) is 0 Å². The second-order valence-electron chi connectivity index (χ2n) is 9.17.